The minimum atomic E-state index is 0.302. The van der Waals surface area contributed by atoms with Crippen molar-refractivity contribution in [3.05, 3.63) is 24.1 Å². The minimum absolute atomic E-state index is 0.302. The molecule has 5 heteroatoms. The van der Waals surface area contributed by atoms with E-state index in [1.165, 1.54) is 18.1 Å². The molecule has 1 aromatic heterocycles. The Morgan fingerprint density at radius 3 is 3.08 bits per heavy atom. The van der Waals surface area contributed by atoms with Crippen molar-refractivity contribution >= 4 is 29.1 Å². The Kier molecular flexibility index (Phi) is 3.37. The maximum Gasteiger partial charge on any atom is 0.156 e. The molecular weight excluding hydrogens is 194 g/mol. The van der Waals surface area contributed by atoms with E-state index in [0.717, 1.165) is 5.75 Å². The number of hydrogen-bond acceptors (Lipinski definition) is 4. The van der Waals surface area contributed by atoms with E-state index >= 15 is 0 Å². The first-order valence-electron chi connectivity index (χ1n) is 3.25. The van der Waals surface area contributed by atoms with Crippen molar-refractivity contribution in [1.82, 2.24) is 9.97 Å². The van der Waals surface area contributed by atoms with Crippen LogP contribution >= 0.6 is 23.4 Å². The number of hydrogen-bond donors (Lipinski definition) is 1. The molecule has 0 spiro atoms. The number of anilines is 1. The third-order valence-corrected chi connectivity index (χ3v) is 2.44. The second kappa shape index (κ2) is 4.33. The highest BCUT2D eigenvalue weighted by Gasteiger charge is 2.04. The molecule has 3 nitrogen and oxygen atoms in total. The Balaban J connectivity index is 2.84. The van der Waals surface area contributed by atoms with Crippen LogP contribution in [-0.4, -0.2) is 15.7 Å². The zero-order valence-electron chi connectivity index (χ0n) is 6.33. The summed E-state index contributed by atoms with van der Waals surface area (Å²) in [6, 6.07) is 0. The van der Waals surface area contributed by atoms with Crippen molar-refractivity contribution < 1.29 is 0 Å². The van der Waals surface area contributed by atoms with Crippen molar-refractivity contribution in [2.24, 2.45) is 0 Å². The maximum atomic E-state index is 5.68. The van der Waals surface area contributed by atoms with Gasteiger partial charge in [-0.1, -0.05) is 17.7 Å². The Labute approximate surface area is 80.0 Å². The summed E-state index contributed by atoms with van der Waals surface area (Å²) >= 11 is 7.16. The molecule has 1 aromatic rings. The predicted molar refractivity (Wildman–Crippen MR) is 52.4 cm³/mol. The molecule has 0 amide bonds. The minimum Gasteiger partial charge on any atom is -0.394 e. The standard InChI is InChI=1S/C7H8ClN3S/c1-2-3-12-7-5(9)6(8)10-4-11-7/h2,4H,1,3,9H2. The van der Waals surface area contributed by atoms with E-state index in [2.05, 4.69) is 16.5 Å². The molecule has 0 aliphatic carbocycles. The lowest BCUT2D eigenvalue weighted by Crippen LogP contribution is -1.95. The Morgan fingerprint density at radius 1 is 1.67 bits per heavy atom. The van der Waals surface area contributed by atoms with Crippen LogP contribution in [0.1, 0.15) is 0 Å². The van der Waals surface area contributed by atoms with Gasteiger partial charge in [-0.05, 0) is 0 Å². The summed E-state index contributed by atoms with van der Waals surface area (Å²) in [6.07, 6.45) is 3.17. The summed E-state index contributed by atoms with van der Waals surface area (Å²) in [5.41, 5.74) is 6.05. The highest BCUT2D eigenvalue weighted by molar-refractivity contribution is 7.99. The third kappa shape index (κ3) is 2.12. The smallest absolute Gasteiger partial charge is 0.156 e. The summed E-state index contributed by atoms with van der Waals surface area (Å²) in [6.45, 7) is 3.59. The van der Waals surface area contributed by atoms with E-state index in [1.54, 1.807) is 6.08 Å². The molecule has 0 saturated heterocycles. The van der Waals surface area contributed by atoms with Gasteiger partial charge in [0.1, 0.15) is 17.0 Å². The summed E-state index contributed by atoms with van der Waals surface area (Å²) in [5.74, 6) is 0.761. The van der Waals surface area contributed by atoms with Crippen molar-refractivity contribution in [2.45, 2.75) is 5.03 Å². The van der Waals surface area contributed by atoms with E-state index in [0.29, 0.717) is 15.9 Å². The second-order valence-electron chi connectivity index (χ2n) is 1.98. The number of nitrogen functional groups attached to an aromatic ring is 1. The van der Waals surface area contributed by atoms with Crippen LogP contribution < -0.4 is 5.73 Å². The summed E-state index contributed by atoms with van der Waals surface area (Å²) < 4.78 is 0. The molecule has 0 aliphatic heterocycles. The van der Waals surface area contributed by atoms with Crippen LogP contribution in [0.3, 0.4) is 0 Å². The van der Waals surface area contributed by atoms with Gasteiger partial charge in [0.2, 0.25) is 0 Å². The monoisotopic (exact) mass is 201 g/mol. The van der Waals surface area contributed by atoms with Gasteiger partial charge >= 0.3 is 0 Å². The van der Waals surface area contributed by atoms with Crippen LogP contribution in [0.5, 0.6) is 0 Å². The van der Waals surface area contributed by atoms with E-state index in [9.17, 15) is 0 Å². The van der Waals surface area contributed by atoms with Gasteiger partial charge in [-0.2, -0.15) is 0 Å². The quantitative estimate of drug-likeness (QED) is 0.462. The lowest BCUT2D eigenvalue weighted by molar-refractivity contribution is 1.06. The zero-order chi connectivity index (χ0) is 8.97. The van der Waals surface area contributed by atoms with E-state index in [1.807, 2.05) is 0 Å². The number of aromatic nitrogens is 2. The molecule has 0 aliphatic rings. The fourth-order valence-electron chi connectivity index (χ4n) is 0.612. The van der Waals surface area contributed by atoms with Gasteiger partial charge in [-0.3, -0.25) is 0 Å². The van der Waals surface area contributed by atoms with Crippen LogP contribution in [-0.2, 0) is 0 Å². The topological polar surface area (TPSA) is 51.8 Å². The Bertz CT molecular complexity index is 290. The molecule has 0 unspecified atom stereocenters. The lowest BCUT2D eigenvalue weighted by atomic mass is 10.6. The summed E-state index contributed by atoms with van der Waals surface area (Å²) in [7, 11) is 0. The van der Waals surface area contributed by atoms with Gasteiger partial charge in [-0.15, -0.1) is 18.3 Å². The van der Waals surface area contributed by atoms with Gasteiger partial charge in [0, 0.05) is 5.75 Å². The largest absolute Gasteiger partial charge is 0.394 e. The van der Waals surface area contributed by atoms with Crippen LogP contribution in [0.2, 0.25) is 5.15 Å². The molecule has 0 bridgehead atoms. The first-order chi connectivity index (χ1) is 5.75. The molecule has 0 aromatic carbocycles. The fraction of sp³-hybridized carbons (Fsp3) is 0.143. The molecule has 1 heterocycles. The molecule has 2 N–H and O–H groups in total. The van der Waals surface area contributed by atoms with Crippen molar-refractivity contribution in [1.29, 1.82) is 0 Å². The number of halogens is 1. The number of nitrogens with zero attached hydrogens (tertiary/aromatic N) is 2. The van der Waals surface area contributed by atoms with Gasteiger partial charge in [0.25, 0.3) is 0 Å². The van der Waals surface area contributed by atoms with Crippen LogP contribution in [0, 0.1) is 0 Å². The fourth-order valence-corrected chi connectivity index (χ4v) is 1.45. The average Bonchev–Trinajstić information content (AvgIpc) is 2.08. The maximum absolute atomic E-state index is 5.68. The highest BCUT2D eigenvalue weighted by atomic mass is 35.5. The second-order valence-corrected chi connectivity index (χ2v) is 3.35. The molecular formula is C7H8ClN3S. The van der Waals surface area contributed by atoms with Crippen LogP contribution in [0.25, 0.3) is 0 Å². The molecule has 12 heavy (non-hydrogen) atoms. The van der Waals surface area contributed by atoms with Crippen molar-refractivity contribution in [2.75, 3.05) is 11.5 Å². The molecule has 0 fully saturated rings. The van der Waals surface area contributed by atoms with Crippen molar-refractivity contribution in [3.8, 4) is 0 Å². The van der Waals surface area contributed by atoms with Crippen molar-refractivity contribution in [3.63, 3.8) is 0 Å². The van der Waals surface area contributed by atoms with Crippen LogP contribution in [0.15, 0.2) is 24.0 Å². The molecule has 0 saturated carbocycles. The van der Waals surface area contributed by atoms with E-state index < -0.39 is 0 Å². The molecule has 0 atom stereocenters. The van der Waals surface area contributed by atoms with Gasteiger partial charge in [0.05, 0.1) is 0 Å². The van der Waals surface area contributed by atoms with Gasteiger partial charge < -0.3 is 5.73 Å². The zero-order valence-corrected chi connectivity index (χ0v) is 7.90. The number of thioether (sulfide) groups is 1. The van der Waals surface area contributed by atoms with E-state index in [-0.39, 0.29) is 0 Å². The lowest BCUT2D eigenvalue weighted by Gasteiger charge is -2.01. The molecule has 0 radical (unpaired) electrons. The third-order valence-electron chi connectivity index (χ3n) is 1.14. The predicted octanol–water partition coefficient (Wildman–Crippen LogP) is 1.99. The Morgan fingerprint density at radius 2 is 2.42 bits per heavy atom. The summed E-state index contributed by atoms with van der Waals surface area (Å²) in [5, 5.41) is 1.01. The average molecular weight is 202 g/mol. The van der Waals surface area contributed by atoms with Gasteiger partial charge in [0.15, 0.2) is 5.15 Å². The normalized spacial score (nSPS) is 9.75. The Hall–Kier alpha value is -0.740. The number of nitrogens with two attached hydrogens (primary N) is 1. The van der Waals surface area contributed by atoms with Gasteiger partial charge in [-0.25, -0.2) is 9.97 Å². The molecule has 1 rings (SSSR count). The number of rotatable bonds is 3. The first-order valence-corrected chi connectivity index (χ1v) is 4.61. The summed E-state index contributed by atoms with van der Waals surface area (Å²) in [4.78, 5) is 7.71. The highest BCUT2D eigenvalue weighted by Crippen LogP contribution is 2.26. The molecule has 64 valence electrons. The SMILES string of the molecule is C=CCSc1ncnc(Cl)c1N. The van der Waals surface area contributed by atoms with Crippen LogP contribution in [0.4, 0.5) is 5.69 Å². The van der Waals surface area contributed by atoms with E-state index in [4.69, 9.17) is 17.3 Å². The first kappa shape index (κ1) is 9.35.